The first-order chi connectivity index (χ1) is 19.4. The van der Waals surface area contributed by atoms with E-state index >= 15 is 0 Å². The second-order valence-electron chi connectivity index (χ2n) is 8.85. The highest BCUT2D eigenvalue weighted by Gasteiger charge is 2.35. The molecule has 11 nitrogen and oxygen atoms in total. The lowest BCUT2D eigenvalue weighted by Crippen LogP contribution is -2.36. The summed E-state index contributed by atoms with van der Waals surface area (Å²) in [4.78, 5) is 39.6. The first-order valence-electron chi connectivity index (χ1n) is 12.7. The van der Waals surface area contributed by atoms with E-state index in [1.165, 1.54) is 7.11 Å². The Labute approximate surface area is 232 Å². The van der Waals surface area contributed by atoms with E-state index in [1.807, 2.05) is 6.92 Å². The van der Waals surface area contributed by atoms with Crippen LogP contribution in [0.15, 0.2) is 66.7 Å². The van der Waals surface area contributed by atoms with Crippen molar-refractivity contribution in [3.05, 3.63) is 66.7 Å². The summed E-state index contributed by atoms with van der Waals surface area (Å²) in [5.74, 6) is 0.563. The summed E-state index contributed by atoms with van der Waals surface area (Å²) in [6.45, 7) is 2.39. The van der Waals surface area contributed by atoms with E-state index < -0.39 is 5.92 Å². The van der Waals surface area contributed by atoms with E-state index in [4.69, 9.17) is 18.9 Å². The van der Waals surface area contributed by atoms with Crippen LogP contribution in [0, 0.1) is 5.92 Å². The Morgan fingerprint density at radius 1 is 0.925 bits per heavy atom. The molecule has 3 amide bonds. The molecule has 4 rings (SSSR count). The van der Waals surface area contributed by atoms with Gasteiger partial charge in [-0.05, 0) is 67.6 Å². The number of anilines is 3. The Morgan fingerprint density at radius 2 is 1.65 bits per heavy atom. The van der Waals surface area contributed by atoms with E-state index in [9.17, 15) is 14.4 Å². The lowest BCUT2D eigenvalue weighted by atomic mass is 10.1. The Balaban J connectivity index is 1.35. The topological polar surface area (TPSA) is 127 Å². The first kappa shape index (κ1) is 28.1. The fourth-order valence-electron chi connectivity index (χ4n) is 4.19. The maximum atomic E-state index is 12.9. The molecule has 0 unspecified atom stereocenters. The van der Waals surface area contributed by atoms with Gasteiger partial charge in [0.2, 0.25) is 11.8 Å². The zero-order valence-electron chi connectivity index (χ0n) is 22.6. The summed E-state index contributed by atoms with van der Waals surface area (Å²) in [5, 5.41) is 2.74. The van der Waals surface area contributed by atoms with Gasteiger partial charge in [0.1, 0.15) is 11.5 Å². The Kier molecular flexibility index (Phi) is 9.29. The van der Waals surface area contributed by atoms with Gasteiger partial charge in [0.05, 0.1) is 32.4 Å². The van der Waals surface area contributed by atoms with Crippen LogP contribution < -0.4 is 40.0 Å². The number of carbonyl (C=O) groups excluding carboxylic acids is 3. The highest BCUT2D eigenvalue weighted by atomic mass is 16.5. The number of hydrogen-bond acceptors (Lipinski definition) is 8. The smallest absolute Gasteiger partial charge is 0.262 e. The second-order valence-corrected chi connectivity index (χ2v) is 8.85. The molecular formula is C29H32N4O7. The summed E-state index contributed by atoms with van der Waals surface area (Å²) in [6, 6.07) is 19.1. The molecule has 1 saturated heterocycles. The Bertz CT molecular complexity index is 1330. The van der Waals surface area contributed by atoms with Crippen molar-refractivity contribution >= 4 is 34.8 Å². The molecule has 3 N–H and O–H groups in total. The number of carbonyl (C=O) groups is 3. The van der Waals surface area contributed by atoms with Crippen molar-refractivity contribution in [2.45, 2.75) is 13.3 Å². The molecule has 0 radical (unpaired) electrons. The number of nitrogens with one attached hydrogen (secondary N) is 3. The molecule has 0 spiro atoms. The first-order valence-corrected chi connectivity index (χ1v) is 12.7. The molecule has 11 heteroatoms. The minimum Gasteiger partial charge on any atom is -0.497 e. The van der Waals surface area contributed by atoms with Gasteiger partial charge in [-0.15, -0.1) is 0 Å². The van der Waals surface area contributed by atoms with Gasteiger partial charge in [-0.3, -0.25) is 25.2 Å². The summed E-state index contributed by atoms with van der Waals surface area (Å²) in [5.41, 5.74) is 7.18. The molecule has 1 aliphatic rings. The van der Waals surface area contributed by atoms with Crippen LogP contribution in [0.3, 0.4) is 0 Å². The predicted octanol–water partition coefficient (Wildman–Crippen LogP) is 3.62. The molecule has 0 aliphatic carbocycles. The quantitative estimate of drug-likeness (QED) is 0.293. The monoisotopic (exact) mass is 548 g/mol. The van der Waals surface area contributed by atoms with Crippen LogP contribution in [0.2, 0.25) is 0 Å². The molecule has 1 heterocycles. The second kappa shape index (κ2) is 13.2. The number of rotatable bonds is 12. The van der Waals surface area contributed by atoms with Gasteiger partial charge in [-0.2, -0.15) is 0 Å². The molecule has 1 aliphatic heterocycles. The highest BCUT2D eigenvalue weighted by Crippen LogP contribution is 2.35. The summed E-state index contributed by atoms with van der Waals surface area (Å²) >= 11 is 0. The molecule has 40 heavy (non-hydrogen) atoms. The number of hydrogen-bond donors (Lipinski definition) is 3. The predicted molar refractivity (Wildman–Crippen MR) is 150 cm³/mol. The van der Waals surface area contributed by atoms with Crippen molar-refractivity contribution in [2.24, 2.45) is 5.92 Å². The third kappa shape index (κ3) is 6.93. The fraction of sp³-hybridized carbons (Fsp3) is 0.276. The summed E-state index contributed by atoms with van der Waals surface area (Å²) in [6.07, 6.45) is 0.0771. The molecule has 0 saturated carbocycles. The van der Waals surface area contributed by atoms with Crippen molar-refractivity contribution in [1.82, 2.24) is 5.43 Å². The number of ether oxygens (including phenoxy) is 4. The largest absolute Gasteiger partial charge is 0.497 e. The number of hydrazine groups is 1. The third-order valence-corrected chi connectivity index (χ3v) is 6.20. The van der Waals surface area contributed by atoms with Crippen LogP contribution >= 0.6 is 0 Å². The van der Waals surface area contributed by atoms with Crippen LogP contribution in [-0.2, 0) is 14.4 Å². The van der Waals surface area contributed by atoms with E-state index in [2.05, 4.69) is 16.2 Å². The fourth-order valence-corrected chi connectivity index (χ4v) is 4.19. The normalized spacial score (nSPS) is 14.3. The Morgan fingerprint density at radius 3 is 2.33 bits per heavy atom. The van der Waals surface area contributed by atoms with Gasteiger partial charge >= 0.3 is 0 Å². The molecule has 1 fully saturated rings. The van der Waals surface area contributed by atoms with E-state index in [0.29, 0.717) is 40.9 Å². The van der Waals surface area contributed by atoms with E-state index in [0.717, 1.165) is 0 Å². The van der Waals surface area contributed by atoms with Crippen LogP contribution in [0.25, 0.3) is 0 Å². The average Bonchev–Trinajstić information content (AvgIpc) is 3.37. The standard InChI is InChI=1S/C29H32N4O7/c1-4-39-23-14-10-21(11-15-23)33-17-19(16-27(33)35)29(36)32-31-24-6-5-7-25(38-3)28(24)40-18-26(34)30-20-8-12-22(37-2)13-9-20/h5-15,19,31H,4,16-18H2,1-3H3,(H,30,34)(H,32,36)/t19-/m1/s1. The summed E-state index contributed by atoms with van der Waals surface area (Å²) < 4.78 is 21.7. The molecular weight excluding hydrogens is 516 g/mol. The number of nitrogens with zero attached hydrogens (tertiary/aromatic N) is 1. The minimum atomic E-state index is -0.559. The molecule has 210 valence electrons. The summed E-state index contributed by atoms with van der Waals surface area (Å²) in [7, 11) is 3.04. The van der Waals surface area contributed by atoms with E-state index in [-0.39, 0.29) is 43.0 Å². The van der Waals surface area contributed by atoms with E-state index in [1.54, 1.807) is 78.7 Å². The molecule has 3 aromatic carbocycles. The average molecular weight is 549 g/mol. The van der Waals surface area contributed by atoms with Gasteiger partial charge in [0, 0.05) is 24.3 Å². The van der Waals surface area contributed by atoms with Crippen LogP contribution in [0.4, 0.5) is 17.1 Å². The van der Waals surface area contributed by atoms with Crippen molar-refractivity contribution < 1.29 is 33.3 Å². The van der Waals surface area contributed by atoms with Gasteiger partial charge in [-0.25, -0.2) is 0 Å². The lowest BCUT2D eigenvalue weighted by molar-refractivity contribution is -0.125. The van der Waals surface area contributed by atoms with Crippen molar-refractivity contribution in [3.8, 4) is 23.0 Å². The highest BCUT2D eigenvalue weighted by molar-refractivity contribution is 6.00. The van der Waals surface area contributed by atoms with Gasteiger partial charge < -0.3 is 29.2 Å². The van der Waals surface area contributed by atoms with Gasteiger partial charge in [-0.1, -0.05) is 6.07 Å². The zero-order valence-corrected chi connectivity index (χ0v) is 22.6. The zero-order chi connectivity index (χ0) is 28.5. The van der Waals surface area contributed by atoms with Crippen molar-refractivity contribution in [2.75, 3.05) is 49.6 Å². The van der Waals surface area contributed by atoms with Gasteiger partial charge in [0.15, 0.2) is 18.1 Å². The van der Waals surface area contributed by atoms with Gasteiger partial charge in [0.25, 0.3) is 5.91 Å². The Hall–Kier alpha value is -4.93. The minimum absolute atomic E-state index is 0.0771. The molecule has 3 aromatic rings. The molecule has 1 atom stereocenters. The lowest BCUT2D eigenvalue weighted by Gasteiger charge is -2.19. The number of benzene rings is 3. The number of amides is 3. The number of para-hydroxylation sites is 1. The SMILES string of the molecule is CCOc1ccc(N2C[C@H](C(=O)NNc3cccc(OC)c3OCC(=O)Nc3ccc(OC)cc3)CC2=O)cc1. The number of methoxy groups -OCH3 is 2. The van der Waals surface area contributed by atoms with Crippen molar-refractivity contribution in [3.63, 3.8) is 0 Å². The maximum Gasteiger partial charge on any atom is 0.262 e. The van der Waals surface area contributed by atoms with Crippen LogP contribution in [-0.4, -0.2) is 51.7 Å². The van der Waals surface area contributed by atoms with Crippen LogP contribution in [0.1, 0.15) is 13.3 Å². The van der Waals surface area contributed by atoms with Crippen LogP contribution in [0.5, 0.6) is 23.0 Å². The molecule has 0 bridgehead atoms. The van der Waals surface area contributed by atoms with Crippen molar-refractivity contribution in [1.29, 1.82) is 0 Å². The molecule has 0 aromatic heterocycles. The third-order valence-electron chi connectivity index (χ3n) is 6.20. The maximum absolute atomic E-state index is 12.9.